The first-order valence-corrected chi connectivity index (χ1v) is 6.55. The SMILES string of the molecule is CCCn1cncc1-c1nc(CC)c(C)c(NN)n1. The summed E-state index contributed by atoms with van der Waals surface area (Å²) in [6, 6.07) is 0. The largest absolute Gasteiger partial charge is 0.328 e. The van der Waals surface area contributed by atoms with E-state index in [-0.39, 0.29) is 0 Å². The molecule has 0 unspecified atom stereocenters. The Hall–Kier alpha value is -1.95. The van der Waals surface area contributed by atoms with E-state index in [2.05, 4.69) is 38.8 Å². The molecule has 0 saturated carbocycles. The second kappa shape index (κ2) is 5.79. The van der Waals surface area contributed by atoms with Crippen LogP contribution in [0, 0.1) is 6.92 Å². The lowest BCUT2D eigenvalue weighted by atomic mass is 10.2. The third-order valence-electron chi connectivity index (χ3n) is 3.12. The van der Waals surface area contributed by atoms with Gasteiger partial charge in [0.05, 0.1) is 12.5 Å². The summed E-state index contributed by atoms with van der Waals surface area (Å²) in [4.78, 5) is 13.3. The number of nitrogens with two attached hydrogens (primary N) is 1. The second-order valence-corrected chi connectivity index (χ2v) is 4.44. The molecule has 2 aromatic heterocycles. The molecule has 0 aliphatic rings. The lowest BCUT2D eigenvalue weighted by Crippen LogP contribution is -2.13. The molecule has 6 heteroatoms. The molecule has 0 amide bonds. The minimum Gasteiger partial charge on any atom is -0.328 e. The van der Waals surface area contributed by atoms with Gasteiger partial charge in [0.15, 0.2) is 5.82 Å². The zero-order valence-corrected chi connectivity index (χ0v) is 11.6. The Morgan fingerprint density at radius 1 is 1.32 bits per heavy atom. The molecule has 19 heavy (non-hydrogen) atoms. The molecule has 0 aromatic carbocycles. The summed E-state index contributed by atoms with van der Waals surface area (Å²) >= 11 is 0. The molecule has 6 nitrogen and oxygen atoms in total. The number of aryl methyl sites for hydroxylation is 2. The van der Waals surface area contributed by atoms with Gasteiger partial charge in [-0.3, -0.25) is 0 Å². The highest BCUT2D eigenvalue weighted by atomic mass is 15.3. The summed E-state index contributed by atoms with van der Waals surface area (Å²) < 4.78 is 2.06. The number of aromatic nitrogens is 4. The summed E-state index contributed by atoms with van der Waals surface area (Å²) in [5, 5.41) is 0. The van der Waals surface area contributed by atoms with E-state index in [1.54, 1.807) is 6.20 Å². The smallest absolute Gasteiger partial charge is 0.180 e. The lowest BCUT2D eigenvalue weighted by Gasteiger charge is -2.12. The van der Waals surface area contributed by atoms with Gasteiger partial charge in [0, 0.05) is 17.8 Å². The van der Waals surface area contributed by atoms with Crippen LogP contribution in [-0.2, 0) is 13.0 Å². The van der Waals surface area contributed by atoms with Gasteiger partial charge in [-0.15, -0.1) is 0 Å². The van der Waals surface area contributed by atoms with Crippen molar-refractivity contribution < 1.29 is 0 Å². The Morgan fingerprint density at radius 2 is 2.11 bits per heavy atom. The molecular formula is C13H20N6. The van der Waals surface area contributed by atoms with Crippen molar-refractivity contribution in [1.29, 1.82) is 0 Å². The molecule has 102 valence electrons. The van der Waals surface area contributed by atoms with Crippen LogP contribution in [0.5, 0.6) is 0 Å². The monoisotopic (exact) mass is 260 g/mol. The van der Waals surface area contributed by atoms with Gasteiger partial charge in [0.2, 0.25) is 0 Å². The van der Waals surface area contributed by atoms with E-state index in [0.29, 0.717) is 11.6 Å². The normalized spacial score (nSPS) is 10.7. The van der Waals surface area contributed by atoms with Crippen molar-refractivity contribution in [3.63, 3.8) is 0 Å². The molecule has 2 heterocycles. The zero-order chi connectivity index (χ0) is 13.8. The van der Waals surface area contributed by atoms with E-state index >= 15 is 0 Å². The number of hydrogen-bond donors (Lipinski definition) is 2. The van der Waals surface area contributed by atoms with Crippen molar-refractivity contribution in [2.24, 2.45) is 5.84 Å². The fourth-order valence-electron chi connectivity index (χ4n) is 2.09. The number of anilines is 1. The minimum atomic E-state index is 0.668. The fourth-order valence-corrected chi connectivity index (χ4v) is 2.09. The van der Waals surface area contributed by atoms with Crippen molar-refractivity contribution in [1.82, 2.24) is 19.5 Å². The van der Waals surface area contributed by atoms with E-state index < -0.39 is 0 Å². The van der Waals surface area contributed by atoms with Crippen molar-refractivity contribution in [3.8, 4) is 11.5 Å². The molecule has 0 aliphatic heterocycles. The first kappa shape index (κ1) is 13.5. The van der Waals surface area contributed by atoms with Gasteiger partial charge in [0.1, 0.15) is 11.5 Å². The third-order valence-corrected chi connectivity index (χ3v) is 3.12. The fraction of sp³-hybridized carbons (Fsp3) is 0.462. The number of nitrogen functional groups attached to an aromatic ring is 1. The highest BCUT2D eigenvalue weighted by molar-refractivity contribution is 5.56. The molecule has 0 radical (unpaired) electrons. The van der Waals surface area contributed by atoms with Gasteiger partial charge in [-0.1, -0.05) is 13.8 Å². The maximum Gasteiger partial charge on any atom is 0.180 e. The van der Waals surface area contributed by atoms with Crippen molar-refractivity contribution >= 4 is 5.82 Å². The van der Waals surface area contributed by atoms with Gasteiger partial charge in [-0.25, -0.2) is 20.8 Å². The molecule has 0 spiro atoms. The third kappa shape index (κ3) is 2.58. The van der Waals surface area contributed by atoms with Gasteiger partial charge < -0.3 is 9.99 Å². The molecular weight excluding hydrogens is 240 g/mol. The maximum absolute atomic E-state index is 5.53. The minimum absolute atomic E-state index is 0.668. The topological polar surface area (TPSA) is 81.7 Å². The molecule has 0 saturated heterocycles. The van der Waals surface area contributed by atoms with Crippen LogP contribution in [0.15, 0.2) is 12.5 Å². The van der Waals surface area contributed by atoms with E-state index in [0.717, 1.165) is 36.3 Å². The predicted octanol–water partition coefficient (Wildman–Crippen LogP) is 1.91. The Morgan fingerprint density at radius 3 is 2.74 bits per heavy atom. The second-order valence-electron chi connectivity index (χ2n) is 4.44. The highest BCUT2D eigenvalue weighted by Crippen LogP contribution is 2.21. The summed E-state index contributed by atoms with van der Waals surface area (Å²) in [6.45, 7) is 7.08. The Balaban J connectivity index is 2.52. The summed E-state index contributed by atoms with van der Waals surface area (Å²) in [6.07, 6.45) is 5.49. The van der Waals surface area contributed by atoms with Crippen LogP contribution in [0.1, 0.15) is 31.5 Å². The Kier molecular flexibility index (Phi) is 4.11. The summed E-state index contributed by atoms with van der Waals surface area (Å²) in [5.74, 6) is 6.87. The first-order valence-electron chi connectivity index (χ1n) is 6.55. The van der Waals surface area contributed by atoms with Gasteiger partial charge in [0.25, 0.3) is 0 Å². The standard InChI is InChI=1S/C13H20N6/c1-4-6-19-8-15-7-11(19)13-16-10(5-2)9(3)12(17-13)18-14/h7-8H,4-6,14H2,1-3H3,(H,16,17,18). The number of hydrazine groups is 1. The number of rotatable bonds is 5. The Bertz CT molecular complexity index is 535. The van der Waals surface area contributed by atoms with Crippen molar-refractivity contribution in [2.45, 2.75) is 40.2 Å². The van der Waals surface area contributed by atoms with Crippen molar-refractivity contribution in [3.05, 3.63) is 23.8 Å². The van der Waals surface area contributed by atoms with Crippen LogP contribution >= 0.6 is 0 Å². The van der Waals surface area contributed by atoms with Crippen LogP contribution in [0.3, 0.4) is 0 Å². The lowest BCUT2D eigenvalue weighted by molar-refractivity contribution is 0.681. The Labute approximate surface area is 113 Å². The van der Waals surface area contributed by atoms with Crippen molar-refractivity contribution in [2.75, 3.05) is 5.43 Å². The summed E-state index contributed by atoms with van der Waals surface area (Å²) in [5.41, 5.74) is 5.56. The average Bonchev–Trinajstić information content (AvgIpc) is 2.88. The number of nitrogens with one attached hydrogen (secondary N) is 1. The quantitative estimate of drug-likeness (QED) is 0.634. The van der Waals surface area contributed by atoms with Crippen LogP contribution in [0.2, 0.25) is 0 Å². The maximum atomic E-state index is 5.53. The molecule has 0 aliphatic carbocycles. The van der Waals surface area contributed by atoms with Crippen LogP contribution in [-0.4, -0.2) is 19.5 Å². The van der Waals surface area contributed by atoms with E-state index in [1.807, 2.05) is 13.3 Å². The van der Waals surface area contributed by atoms with E-state index in [9.17, 15) is 0 Å². The number of imidazole rings is 1. The zero-order valence-electron chi connectivity index (χ0n) is 11.6. The predicted molar refractivity (Wildman–Crippen MR) is 75.5 cm³/mol. The molecule has 2 rings (SSSR count). The van der Waals surface area contributed by atoms with Crippen LogP contribution in [0.4, 0.5) is 5.82 Å². The molecule has 2 aromatic rings. The van der Waals surface area contributed by atoms with Gasteiger partial charge in [-0.2, -0.15) is 0 Å². The number of hydrogen-bond acceptors (Lipinski definition) is 5. The van der Waals surface area contributed by atoms with Gasteiger partial charge >= 0.3 is 0 Å². The highest BCUT2D eigenvalue weighted by Gasteiger charge is 2.13. The summed E-state index contributed by atoms with van der Waals surface area (Å²) in [7, 11) is 0. The molecule has 0 bridgehead atoms. The molecule has 0 fully saturated rings. The van der Waals surface area contributed by atoms with E-state index in [1.165, 1.54) is 0 Å². The number of nitrogens with zero attached hydrogens (tertiary/aromatic N) is 4. The van der Waals surface area contributed by atoms with E-state index in [4.69, 9.17) is 5.84 Å². The van der Waals surface area contributed by atoms with Gasteiger partial charge in [-0.05, 0) is 19.8 Å². The first-order chi connectivity index (χ1) is 9.21. The van der Waals surface area contributed by atoms with Crippen LogP contribution < -0.4 is 11.3 Å². The molecule has 3 N–H and O–H groups in total. The molecule has 0 atom stereocenters. The van der Waals surface area contributed by atoms with Crippen LogP contribution in [0.25, 0.3) is 11.5 Å². The average molecular weight is 260 g/mol.